The van der Waals surface area contributed by atoms with E-state index >= 15 is 0 Å². The summed E-state index contributed by atoms with van der Waals surface area (Å²) in [4.78, 5) is 19.2. The van der Waals surface area contributed by atoms with Crippen molar-refractivity contribution in [2.24, 2.45) is 5.41 Å². The number of rotatable bonds is 5. The van der Waals surface area contributed by atoms with E-state index in [1.807, 2.05) is 22.2 Å². The van der Waals surface area contributed by atoms with Crippen LogP contribution in [0.2, 0.25) is 0 Å². The molecule has 3 saturated heterocycles. The van der Waals surface area contributed by atoms with Gasteiger partial charge in [-0.3, -0.25) is 4.90 Å². The van der Waals surface area contributed by atoms with Crippen molar-refractivity contribution in [3.63, 3.8) is 0 Å². The lowest BCUT2D eigenvalue weighted by Gasteiger charge is -2.46. The van der Waals surface area contributed by atoms with Gasteiger partial charge in [0.25, 0.3) is 5.95 Å². The number of likely N-dealkylation sites (tertiary alicyclic amines) is 2. The Bertz CT molecular complexity index is 1520. The number of hydrogen-bond acceptors (Lipinski definition) is 8. The third kappa shape index (κ3) is 5.41. The molecule has 3 aliphatic heterocycles. The summed E-state index contributed by atoms with van der Waals surface area (Å²) in [5, 5.41) is 4.90. The average molecular weight is 572 g/mol. The van der Waals surface area contributed by atoms with Crippen LogP contribution in [0.1, 0.15) is 41.7 Å². The zero-order valence-electron chi connectivity index (χ0n) is 24.6. The summed E-state index contributed by atoms with van der Waals surface area (Å²) in [6, 6.07) is 10.5. The first-order chi connectivity index (χ1) is 20.0. The first kappa shape index (κ1) is 27.0. The lowest BCUT2D eigenvalue weighted by molar-refractivity contribution is 0.0404. The minimum atomic E-state index is 0.573. The first-order valence-corrected chi connectivity index (χ1v) is 15.9. The van der Waals surface area contributed by atoms with Gasteiger partial charge >= 0.3 is 0 Å². The molecule has 0 amide bonds. The van der Waals surface area contributed by atoms with Gasteiger partial charge < -0.3 is 14.5 Å². The molecule has 0 saturated carbocycles. The van der Waals surface area contributed by atoms with E-state index in [2.05, 4.69) is 65.9 Å². The number of aromatic nitrogens is 4. The fourth-order valence-corrected chi connectivity index (χ4v) is 8.03. The molecule has 9 heteroatoms. The van der Waals surface area contributed by atoms with Gasteiger partial charge in [0, 0.05) is 36.3 Å². The van der Waals surface area contributed by atoms with Crippen molar-refractivity contribution < 1.29 is 4.74 Å². The number of anilines is 1. The predicted octanol–water partition coefficient (Wildman–Crippen LogP) is 5.31. The van der Waals surface area contributed by atoms with E-state index < -0.39 is 0 Å². The molecule has 0 bridgehead atoms. The van der Waals surface area contributed by atoms with Crippen LogP contribution in [0.4, 0.5) is 5.82 Å². The summed E-state index contributed by atoms with van der Waals surface area (Å²) >= 11 is 1.89. The van der Waals surface area contributed by atoms with Crippen LogP contribution in [-0.4, -0.2) is 89.1 Å². The lowest BCUT2D eigenvalue weighted by Crippen LogP contribution is -2.45. The minimum absolute atomic E-state index is 0.573. The highest BCUT2D eigenvalue weighted by atomic mass is 32.1. The maximum Gasteiger partial charge on any atom is 0.253 e. The van der Waals surface area contributed by atoms with Crippen LogP contribution in [0.15, 0.2) is 36.5 Å². The van der Waals surface area contributed by atoms with Crippen molar-refractivity contribution in [3.8, 4) is 17.2 Å². The molecule has 1 spiro atoms. The zero-order valence-corrected chi connectivity index (χ0v) is 25.4. The summed E-state index contributed by atoms with van der Waals surface area (Å²) in [5.74, 6) is 1.65. The van der Waals surface area contributed by atoms with Crippen LogP contribution in [0.3, 0.4) is 0 Å². The molecule has 0 radical (unpaired) electrons. The molecular weight excluding hydrogens is 530 g/mol. The number of thiophene rings is 1. The van der Waals surface area contributed by atoms with Crippen LogP contribution in [0.25, 0.3) is 27.4 Å². The topological polar surface area (TPSA) is 62.6 Å². The Labute approximate surface area is 246 Å². The van der Waals surface area contributed by atoms with E-state index in [9.17, 15) is 0 Å². The third-order valence-electron chi connectivity index (χ3n) is 9.58. The van der Waals surface area contributed by atoms with Crippen LogP contribution in [0.5, 0.6) is 0 Å². The Morgan fingerprint density at radius 3 is 2.44 bits per heavy atom. The standard InChI is InChI=1S/C32H41N7OS/c1-23-5-4-6-25(21-23)26-7-12-39(35-26)31-33-28-24(2)27(41-29(28)30(34-31)38-17-19-40-20-18-38)22-37-15-10-32(11-16-37)8-13-36(3)14-9-32/h4-7,12,21H,8-11,13-20,22H2,1-3H3. The van der Waals surface area contributed by atoms with Gasteiger partial charge in [0.2, 0.25) is 0 Å². The lowest BCUT2D eigenvalue weighted by atomic mass is 9.71. The van der Waals surface area contributed by atoms with Crippen molar-refractivity contribution in [2.75, 3.05) is 64.4 Å². The molecule has 8 nitrogen and oxygen atoms in total. The molecule has 0 aliphatic carbocycles. The number of benzene rings is 1. The molecule has 3 fully saturated rings. The fourth-order valence-electron chi connectivity index (χ4n) is 6.73. The van der Waals surface area contributed by atoms with E-state index in [4.69, 9.17) is 19.8 Å². The van der Waals surface area contributed by atoms with Gasteiger partial charge in [0.1, 0.15) is 0 Å². The van der Waals surface area contributed by atoms with E-state index in [0.717, 1.165) is 55.4 Å². The number of fused-ring (bicyclic) bond motifs is 1. The molecule has 6 heterocycles. The van der Waals surface area contributed by atoms with Crippen molar-refractivity contribution in [1.29, 1.82) is 0 Å². The summed E-state index contributed by atoms with van der Waals surface area (Å²) < 4.78 is 8.71. The molecule has 0 unspecified atom stereocenters. The van der Waals surface area contributed by atoms with Gasteiger partial charge in [-0.1, -0.05) is 23.8 Å². The van der Waals surface area contributed by atoms with Crippen molar-refractivity contribution >= 4 is 27.4 Å². The molecule has 0 N–H and O–H groups in total. The monoisotopic (exact) mass is 571 g/mol. The van der Waals surface area contributed by atoms with Gasteiger partial charge in [0.05, 0.1) is 29.1 Å². The molecule has 3 aliphatic rings. The highest BCUT2D eigenvalue weighted by Gasteiger charge is 2.37. The zero-order chi connectivity index (χ0) is 28.0. The highest BCUT2D eigenvalue weighted by molar-refractivity contribution is 7.19. The highest BCUT2D eigenvalue weighted by Crippen LogP contribution is 2.42. The number of aryl methyl sites for hydroxylation is 2. The Morgan fingerprint density at radius 1 is 0.927 bits per heavy atom. The molecule has 7 rings (SSSR count). The Kier molecular flexibility index (Phi) is 7.31. The van der Waals surface area contributed by atoms with Crippen molar-refractivity contribution in [3.05, 3.63) is 52.5 Å². The smallest absolute Gasteiger partial charge is 0.253 e. The van der Waals surface area contributed by atoms with Gasteiger partial charge in [0.15, 0.2) is 5.82 Å². The quantitative estimate of drug-likeness (QED) is 0.322. The average Bonchev–Trinajstić information content (AvgIpc) is 3.61. The van der Waals surface area contributed by atoms with Crippen LogP contribution >= 0.6 is 11.3 Å². The molecule has 0 atom stereocenters. The predicted molar refractivity (Wildman–Crippen MR) is 166 cm³/mol. The Morgan fingerprint density at radius 2 is 1.68 bits per heavy atom. The summed E-state index contributed by atoms with van der Waals surface area (Å²) in [7, 11) is 2.26. The van der Waals surface area contributed by atoms with Crippen molar-refractivity contribution in [1.82, 2.24) is 29.5 Å². The number of ether oxygens (including phenoxy) is 1. The Balaban J connectivity index is 1.19. The summed E-state index contributed by atoms with van der Waals surface area (Å²) in [6.07, 6.45) is 7.36. The van der Waals surface area contributed by atoms with Crippen LogP contribution in [-0.2, 0) is 11.3 Å². The maximum atomic E-state index is 5.68. The molecule has 41 heavy (non-hydrogen) atoms. The number of nitrogens with zero attached hydrogens (tertiary/aromatic N) is 7. The summed E-state index contributed by atoms with van der Waals surface area (Å²) in [5.41, 5.74) is 6.18. The maximum absolute atomic E-state index is 5.68. The van der Waals surface area contributed by atoms with E-state index in [1.165, 1.54) is 72.6 Å². The first-order valence-electron chi connectivity index (χ1n) is 15.1. The van der Waals surface area contributed by atoms with E-state index in [1.54, 1.807) is 0 Å². The van der Waals surface area contributed by atoms with E-state index in [-0.39, 0.29) is 0 Å². The summed E-state index contributed by atoms with van der Waals surface area (Å²) in [6.45, 7) is 13.4. The van der Waals surface area contributed by atoms with Gasteiger partial charge in [-0.25, -0.2) is 9.67 Å². The van der Waals surface area contributed by atoms with Gasteiger partial charge in [-0.05, 0) is 95.9 Å². The molecule has 3 aromatic heterocycles. The SMILES string of the molecule is Cc1cccc(-c2ccn(-c3nc(N4CCOCC4)c4sc(CN5CCC6(CCN(C)CC6)CC5)c(C)c4n3)n2)c1. The number of morpholine rings is 1. The molecular formula is C32H41N7OS. The van der Waals surface area contributed by atoms with Gasteiger partial charge in [-0.2, -0.15) is 10.1 Å². The van der Waals surface area contributed by atoms with Gasteiger partial charge in [-0.15, -0.1) is 11.3 Å². The van der Waals surface area contributed by atoms with Crippen molar-refractivity contribution in [2.45, 2.75) is 46.1 Å². The number of hydrogen-bond donors (Lipinski definition) is 0. The minimum Gasteiger partial charge on any atom is -0.378 e. The molecule has 216 valence electrons. The third-order valence-corrected chi connectivity index (χ3v) is 10.8. The van der Waals surface area contributed by atoms with Crippen LogP contribution < -0.4 is 4.90 Å². The fraction of sp³-hybridized carbons (Fsp3) is 0.531. The molecule has 4 aromatic rings. The largest absolute Gasteiger partial charge is 0.378 e. The second-order valence-corrected chi connectivity index (χ2v) is 13.5. The van der Waals surface area contributed by atoms with E-state index in [0.29, 0.717) is 11.4 Å². The second kappa shape index (κ2) is 11.1. The molecule has 1 aromatic carbocycles. The number of piperidine rings is 2. The Hall–Kier alpha value is -2.85. The van der Waals surface area contributed by atoms with Crippen LogP contribution in [0, 0.1) is 19.3 Å². The second-order valence-electron chi connectivity index (χ2n) is 12.4. The normalized spacial score (nSPS) is 20.3.